The van der Waals surface area contributed by atoms with Crippen molar-refractivity contribution in [3.05, 3.63) is 72.6 Å². The van der Waals surface area contributed by atoms with Gasteiger partial charge in [0.15, 0.2) is 5.58 Å². The van der Waals surface area contributed by atoms with E-state index in [1.807, 2.05) is 24.3 Å². The molecule has 0 aliphatic heterocycles. The summed E-state index contributed by atoms with van der Waals surface area (Å²) in [5.41, 5.74) is 3.25. The Labute approximate surface area is 149 Å². The molecule has 0 atom stereocenters. The van der Waals surface area contributed by atoms with Crippen LogP contribution in [0.15, 0.2) is 71.4 Å². The van der Waals surface area contributed by atoms with Gasteiger partial charge in [-0.25, -0.2) is 4.98 Å². The Morgan fingerprint density at radius 2 is 2.04 bits per heavy atom. The van der Waals surface area contributed by atoms with Crippen LogP contribution in [0.1, 0.15) is 10.4 Å². The maximum absolute atomic E-state index is 12.2. The zero-order valence-corrected chi connectivity index (χ0v) is 14.0. The maximum atomic E-state index is 12.2. The van der Waals surface area contributed by atoms with Gasteiger partial charge in [0.1, 0.15) is 11.3 Å². The van der Waals surface area contributed by atoms with Crippen LogP contribution in [0, 0.1) is 0 Å². The third-order valence-electron chi connectivity index (χ3n) is 3.89. The highest BCUT2D eigenvalue weighted by atomic mass is 16.5. The normalized spacial score (nSPS) is 10.7. The highest BCUT2D eigenvalue weighted by Crippen LogP contribution is 2.28. The van der Waals surface area contributed by atoms with Crippen LogP contribution >= 0.6 is 0 Å². The quantitative estimate of drug-likeness (QED) is 0.601. The van der Waals surface area contributed by atoms with Crippen molar-refractivity contribution in [3.63, 3.8) is 0 Å². The van der Waals surface area contributed by atoms with Gasteiger partial charge in [0.05, 0.1) is 12.7 Å². The lowest BCUT2D eigenvalue weighted by molar-refractivity contribution is 0.102. The fourth-order valence-corrected chi connectivity index (χ4v) is 2.59. The van der Waals surface area contributed by atoms with E-state index in [-0.39, 0.29) is 5.91 Å². The van der Waals surface area contributed by atoms with Crippen LogP contribution < -0.4 is 10.1 Å². The zero-order valence-electron chi connectivity index (χ0n) is 14.0. The second kappa shape index (κ2) is 6.68. The molecule has 2 heterocycles. The van der Waals surface area contributed by atoms with Gasteiger partial charge in [-0.05, 0) is 48.5 Å². The number of benzene rings is 2. The highest BCUT2D eigenvalue weighted by molar-refractivity contribution is 6.04. The predicted molar refractivity (Wildman–Crippen MR) is 98.2 cm³/mol. The first-order valence-corrected chi connectivity index (χ1v) is 7.99. The summed E-state index contributed by atoms with van der Waals surface area (Å²) >= 11 is 0. The van der Waals surface area contributed by atoms with Crippen molar-refractivity contribution in [2.24, 2.45) is 0 Å². The molecule has 1 N–H and O–H groups in total. The molecule has 4 rings (SSSR count). The van der Waals surface area contributed by atoms with Gasteiger partial charge >= 0.3 is 0 Å². The van der Waals surface area contributed by atoms with Gasteiger partial charge in [0.25, 0.3) is 5.91 Å². The minimum Gasteiger partial charge on any atom is -0.497 e. The summed E-state index contributed by atoms with van der Waals surface area (Å²) in [5.74, 6) is 0.998. The fourth-order valence-electron chi connectivity index (χ4n) is 2.59. The average Bonchev–Trinajstić information content (AvgIpc) is 3.12. The Balaban J connectivity index is 1.62. The SMILES string of the molecule is COc1cccc(-c2nc3cc(NC(=O)c4cccnc4)ccc3o2)c1. The molecule has 0 saturated heterocycles. The third-order valence-corrected chi connectivity index (χ3v) is 3.89. The molecule has 0 bridgehead atoms. The lowest BCUT2D eigenvalue weighted by Crippen LogP contribution is -2.11. The number of amides is 1. The fraction of sp³-hybridized carbons (Fsp3) is 0.0500. The Morgan fingerprint density at radius 1 is 1.12 bits per heavy atom. The first kappa shape index (κ1) is 15.8. The van der Waals surface area contributed by atoms with Crippen molar-refractivity contribution in [1.29, 1.82) is 0 Å². The Kier molecular flexibility index (Phi) is 4.07. The van der Waals surface area contributed by atoms with E-state index in [9.17, 15) is 4.79 Å². The molecule has 0 aliphatic carbocycles. The van der Waals surface area contributed by atoms with E-state index in [0.29, 0.717) is 28.2 Å². The number of oxazole rings is 1. The van der Waals surface area contributed by atoms with Gasteiger partial charge in [-0.3, -0.25) is 9.78 Å². The number of ether oxygens (including phenoxy) is 1. The minimum atomic E-state index is -0.228. The Morgan fingerprint density at radius 3 is 2.85 bits per heavy atom. The number of carbonyl (C=O) groups excluding carboxylic acids is 1. The predicted octanol–water partition coefficient (Wildman–Crippen LogP) is 4.15. The van der Waals surface area contributed by atoms with Crippen LogP contribution in [0.3, 0.4) is 0 Å². The first-order valence-electron chi connectivity index (χ1n) is 7.99. The van der Waals surface area contributed by atoms with Crippen LogP contribution in [-0.2, 0) is 0 Å². The summed E-state index contributed by atoms with van der Waals surface area (Å²) < 4.78 is 11.0. The van der Waals surface area contributed by atoms with Crippen LogP contribution in [0.2, 0.25) is 0 Å². The number of hydrogen-bond donors (Lipinski definition) is 1. The van der Waals surface area contributed by atoms with Gasteiger partial charge in [-0.1, -0.05) is 6.07 Å². The number of pyridine rings is 1. The second-order valence-electron chi connectivity index (χ2n) is 5.63. The van der Waals surface area contributed by atoms with Gasteiger partial charge in [-0.15, -0.1) is 0 Å². The molecule has 4 aromatic rings. The summed E-state index contributed by atoms with van der Waals surface area (Å²) in [4.78, 5) is 20.7. The molecule has 2 aromatic heterocycles. The van der Waals surface area contributed by atoms with E-state index in [4.69, 9.17) is 9.15 Å². The molecule has 0 radical (unpaired) electrons. The molecule has 0 spiro atoms. The van der Waals surface area contributed by atoms with Crippen LogP contribution in [0.4, 0.5) is 5.69 Å². The first-order chi connectivity index (χ1) is 12.7. The zero-order chi connectivity index (χ0) is 17.9. The lowest BCUT2D eigenvalue weighted by Gasteiger charge is -2.04. The third kappa shape index (κ3) is 3.12. The lowest BCUT2D eigenvalue weighted by atomic mass is 10.2. The van der Waals surface area contributed by atoms with E-state index < -0.39 is 0 Å². The maximum Gasteiger partial charge on any atom is 0.257 e. The molecule has 128 valence electrons. The number of fused-ring (bicyclic) bond motifs is 1. The Bertz CT molecular complexity index is 1070. The van der Waals surface area contributed by atoms with Gasteiger partial charge < -0.3 is 14.5 Å². The number of rotatable bonds is 4. The van der Waals surface area contributed by atoms with Gasteiger partial charge in [0, 0.05) is 23.6 Å². The molecule has 26 heavy (non-hydrogen) atoms. The van der Waals surface area contributed by atoms with Crippen LogP contribution in [0.5, 0.6) is 5.75 Å². The largest absolute Gasteiger partial charge is 0.497 e. The van der Waals surface area contributed by atoms with Crippen molar-refractivity contribution in [3.8, 4) is 17.2 Å². The van der Waals surface area contributed by atoms with Crippen molar-refractivity contribution in [2.45, 2.75) is 0 Å². The van der Waals surface area contributed by atoms with E-state index in [1.54, 1.807) is 43.6 Å². The van der Waals surface area contributed by atoms with E-state index in [0.717, 1.165) is 11.3 Å². The van der Waals surface area contributed by atoms with Crippen molar-refractivity contribution in [2.75, 3.05) is 12.4 Å². The van der Waals surface area contributed by atoms with Crippen LogP contribution in [0.25, 0.3) is 22.6 Å². The number of nitrogens with zero attached hydrogens (tertiary/aromatic N) is 2. The molecule has 1 amide bonds. The van der Waals surface area contributed by atoms with Crippen molar-refractivity contribution in [1.82, 2.24) is 9.97 Å². The summed E-state index contributed by atoms with van der Waals surface area (Å²) in [6, 6.07) is 16.3. The van der Waals surface area contributed by atoms with Crippen molar-refractivity contribution >= 4 is 22.7 Å². The number of anilines is 1. The molecule has 6 heteroatoms. The summed E-state index contributed by atoms with van der Waals surface area (Å²) in [7, 11) is 1.61. The summed E-state index contributed by atoms with van der Waals surface area (Å²) in [5, 5.41) is 2.84. The molecule has 0 fully saturated rings. The molecular weight excluding hydrogens is 330 g/mol. The number of aromatic nitrogens is 2. The number of nitrogens with one attached hydrogen (secondary N) is 1. The monoisotopic (exact) mass is 345 g/mol. The summed E-state index contributed by atoms with van der Waals surface area (Å²) in [6.07, 6.45) is 3.14. The van der Waals surface area contributed by atoms with Crippen LogP contribution in [-0.4, -0.2) is 23.0 Å². The molecular formula is C20H15N3O3. The molecule has 6 nitrogen and oxygen atoms in total. The highest BCUT2D eigenvalue weighted by Gasteiger charge is 2.11. The molecule has 2 aromatic carbocycles. The summed E-state index contributed by atoms with van der Waals surface area (Å²) in [6.45, 7) is 0. The average molecular weight is 345 g/mol. The standard InChI is InChI=1S/C20H15N3O3/c1-25-16-6-2-4-13(10-16)20-23-17-11-15(7-8-18(17)26-20)22-19(24)14-5-3-9-21-12-14/h2-12H,1H3,(H,22,24). The molecule has 0 unspecified atom stereocenters. The topological polar surface area (TPSA) is 77.2 Å². The Hall–Kier alpha value is -3.67. The number of hydrogen-bond acceptors (Lipinski definition) is 5. The van der Waals surface area contributed by atoms with Gasteiger partial charge in [-0.2, -0.15) is 0 Å². The molecule has 0 saturated carbocycles. The van der Waals surface area contributed by atoms with Crippen molar-refractivity contribution < 1.29 is 13.9 Å². The smallest absolute Gasteiger partial charge is 0.257 e. The van der Waals surface area contributed by atoms with E-state index >= 15 is 0 Å². The number of carbonyl (C=O) groups is 1. The molecule has 0 aliphatic rings. The van der Waals surface area contributed by atoms with E-state index in [2.05, 4.69) is 15.3 Å². The van der Waals surface area contributed by atoms with Gasteiger partial charge in [0.2, 0.25) is 5.89 Å². The van der Waals surface area contributed by atoms with E-state index in [1.165, 1.54) is 6.20 Å². The second-order valence-corrected chi connectivity index (χ2v) is 5.63. The number of methoxy groups -OCH3 is 1. The minimum absolute atomic E-state index is 0.228.